The average molecular weight is 357 g/mol. The second-order valence-electron chi connectivity index (χ2n) is 4.09. The van der Waals surface area contributed by atoms with Gasteiger partial charge in [0.15, 0.2) is 0 Å². The van der Waals surface area contributed by atoms with E-state index in [0.29, 0.717) is 10.2 Å². The Labute approximate surface area is 126 Å². The zero-order valence-electron chi connectivity index (χ0n) is 10.4. The van der Waals surface area contributed by atoms with Gasteiger partial charge in [0.25, 0.3) is 0 Å². The third kappa shape index (κ3) is 3.64. The maximum Gasteiger partial charge on any atom is 0.416 e. The molecule has 0 unspecified atom stereocenters. The summed E-state index contributed by atoms with van der Waals surface area (Å²) in [7, 11) is 0. The third-order valence-corrected chi connectivity index (χ3v) is 3.03. The molecular formula is C13H8BrF3N4. The fraction of sp³-hybridized carbons (Fsp3) is 0.0769. The molecule has 3 N–H and O–H groups in total. The number of aromatic nitrogens is 1. The summed E-state index contributed by atoms with van der Waals surface area (Å²) < 4.78 is 38.8. The fourth-order valence-corrected chi connectivity index (χ4v) is 2.00. The first-order valence-electron chi connectivity index (χ1n) is 5.61. The first-order chi connectivity index (χ1) is 9.79. The van der Waals surface area contributed by atoms with E-state index < -0.39 is 11.7 Å². The van der Waals surface area contributed by atoms with E-state index in [9.17, 15) is 13.2 Å². The van der Waals surface area contributed by atoms with Crippen LogP contribution in [0.4, 0.5) is 30.5 Å². The largest absolute Gasteiger partial charge is 0.416 e. The van der Waals surface area contributed by atoms with Crippen LogP contribution in [0.2, 0.25) is 0 Å². The Bertz CT molecular complexity index is 722. The van der Waals surface area contributed by atoms with Crippen molar-refractivity contribution in [3.8, 4) is 6.07 Å². The molecule has 1 aromatic heterocycles. The molecule has 0 radical (unpaired) electrons. The van der Waals surface area contributed by atoms with Crippen LogP contribution in [0.5, 0.6) is 0 Å². The first kappa shape index (κ1) is 15.1. The Morgan fingerprint density at radius 1 is 1.24 bits per heavy atom. The predicted octanol–water partition coefficient (Wildman–Crippen LogP) is 4.06. The minimum absolute atomic E-state index is 0.0823. The number of rotatable bonds is 2. The summed E-state index contributed by atoms with van der Waals surface area (Å²) in [4.78, 5) is 3.79. The number of nitrogens with one attached hydrogen (secondary N) is 1. The maximum absolute atomic E-state index is 12.7. The summed E-state index contributed by atoms with van der Waals surface area (Å²) >= 11 is 3.21. The van der Waals surface area contributed by atoms with Crippen molar-refractivity contribution in [2.45, 2.75) is 6.18 Å². The standard InChI is InChI=1S/C13H8BrF3N4/c14-9-1-2-10(7(3-9)6-18)20-12-5-8(13(15,16)17)4-11(19)21-12/h1-5H,(H3,19,20,21). The van der Waals surface area contributed by atoms with Crippen LogP contribution in [0.25, 0.3) is 0 Å². The van der Waals surface area contributed by atoms with Gasteiger partial charge in [-0.2, -0.15) is 18.4 Å². The van der Waals surface area contributed by atoms with Gasteiger partial charge in [0.05, 0.1) is 16.8 Å². The highest BCUT2D eigenvalue weighted by Crippen LogP contribution is 2.32. The van der Waals surface area contributed by atoms with Crippen molar-refractivity contribution in [2.24, 2.45) is 0 Å². The molecule has 8 heteroatoms. The lowest BCUT2D eigenvalue weighted by atomic mass is 10.2. The van der Waals surface area contributed by atoms with Crippen molar-refractivity contribution in [3.63, 3.8) is 0 Å². The predicted molar refractivity (Wildman–Crippen MR) is 75.8 cm³/mol. The number of nitriles is 1. The molecule has 0 aliphatic heterocycles. The van der Waals surface area contributed by atoms with E-state index in [0.717, 1.165) is 12.1 Å². The number of hydrogen-bond acceptors (Lipinski definition) is 4. The van der Waals surface area contributed by atoms with E-state index in [1.807, 2.05) is 6.07 Å². The van der Waals surface area contributed by atoms with Crippen molar-refractivity contribution < 1.29 is 13.2 Å². The van der Waals surface area contributed by atoms with Gasteiger partial charge in [-0.15, -0.1) is 0 Å². The number of nitrogens with two attached hydrogens (primary N) is 1. The zero-order chi connectivity index (χ0) is 15.6. The van der Waals surface area contributed by atoms with E-state index in [2.05, 4.69) is 26.2 Å². The van der Waals surface area contributed by atoms with Crippen LogP contribution in [0.1, 0.15) is 11.1 Å². The molecule has 2 rings (SSSR count). The van der Waals surface area contributed by atoms with E-state index in [-0.39, 0.29) is 17.2 Å². The van der Waals surface area contributed by atoms with Crippen molar-refractivity contribution in [3.05, 3.63) is 45.9 Å². The summed E-state index contributed by atoms with van der Waals surface area (Å²) in [5, 5.41) is 11.7. The number of benzene rings is 1. The van der Waals surface area contributed by atoms with Gasteiger partial charge in [-0.3, -0.25) is 0 Å². The van der Waals surface area contributed by atoms with Crippen LogP contribution in [0, 0.1) is 11.3 Å². The second-order valence-corrected chi connectivity index (χ2v) is 5.01. The minimum atomic E-state index is -4.52. The Kier molecular flexibility index (Phi) is 4.04. The van der Waals surface area contributed by atoms with Gasteiger partial charge in [-0.1, -0.05) is 15.9 Å². The summed E-state index contributed by atoms with van der Waals surface area (Å²) in [6.07, 6.45) is -4.52. The van der Waals surface area contributed by atoms with Crippen LogP contribution >= 0.6 is 15.9 Å². The van der Waals surface area contributed by atoms with Crippen molar-refractivity contribution >= 4 is 33.3 Å². The number of pyridine rings is 1. The van der Waals surface area contributed by atoms with E-state index >= 15 is 0 Å². The van der Waals surface area contributed by atoms with Crippen molar-refractivity contribution in [1.82, 2.24) is 4.98 Å². The van der Waals surface area contributed by atoms with Gasteiger partial charge in [0.2, 0.25) is 0 Å². The Morgan fingerprint density at radius 2 is 1.95 bits per heavy atom. The van der Waals surface area contributed by atoms with E-state index in [1.54, 1.807) is 18.2 Å². The Balaban J connectivity index is 2.41. The molecule has 0 saturated heterocycles. The monoisotopic (exact) mass is 356 g/mol. The quantitative estimate of drug-likeness (QED) is 0.850. The average Bonchev–Trinajstić information content (AvgIpc) is 2.39. The molecule has 0 atom stereocenters. The van der Waals surface area contributed by atoms with Crippen molar-refractivity contribution in [2.75, 3.05) is 11.1 Å². The molecule has 1 heterocycles. The second kappa shape index (κ2) is 5.61. The molecule has 0 aliphatic carbocycles. The highest BCUT2D eigenvalue weighted by atomic mass is 79.9. The van der Waals surface area contributed by atoms with Gasteiger partial charge in [-0.05, 0) is 30.3 Å². The number of anilines is 3. The van der Waals surface area contributed by atoms with Crippen molar-refractivity contribution in [1.29, 1.82) is 5.26 Å². The Morgan fingerprint density at radius 3 is 2.57 bits per heavy atom. The third-order valence-electron chi connectivity index (χ3n) is 2.54. The number of nitrogens with zero attached hydrogens (tertiary/aromatic N) is 2. The molecular weight excluding hydrogens is 349 g/mol. The summed E-state index contributed by atoms with van der Waals surface area (Å²) in [6, 6.07) is 8.27. The first-order valence-corrected chi connectivity index (χ1v) is 6.40. The van der Waals surface area contributed by atoms with Crippen LogP contribution in [-0.4, -0.2) is 4.98 Å². The molecule has 0 saturated carbocycles. The maximum atomic E-state index is 12.7. The lowest BCUT2D eigenvalue weighted by Gasteiger charge is -2.12. The number of alkyl halides is 3. The molecule has 108 valence electrons. The van der Waals surface area contributed by atoms with Gasteiger partial charge in [0, 0.05) is 4.47 Å². The molecule has 0 bridgehead atoms. The Hall–Kier alpha value is -2.27. The highest BCUT2D eigenvalue weighted by Gasteiger charge is 2.31. The van der Waals surface area contributed by atoms with Crippen LogP contribution in [0.15, 0.2) is 34.8 Å². The summed E-state index contributed by atoms with van der Waals surface area (Å²) in [6.45, 7) is 0. The molecule has 0 fully saturated rings. The van der Waals surface area contributed by atoms with Gasteiger partial charge in [-0.25, -0.2) is 4.98 Å². The summed E-state index contributed by atoms with van der Waals surface area (Å²) in [5.74, 6) is -0.343. The summed E-state index contributed by atoms with van der Waals surface area (Å²) in [5.41, 5.74) is 5.08. The van der Waals surface area contributed by atoms with Crippen LogP contribution in [-0.2, 0) is 6.18 Å². The smallest absolute Gasteiger partial charge is 0.384 e. The minimum Gasteiger partial charge on any atom is -0.384 e. The molecule has 0 aliphatic rings. The van der Waals surface area contributed by atoms with Gasteiger partial charge < -0.3 is 11.1 Å². The number of halogens is 4. The molecule has 2 aromatic rings. The van der Waals surface area contributed by atoms with Gasteiger partial charge >= 0.3 is 6.18 Å². The lowest BCUT2D eigenvalue weighted by molar-refractivity contribution is -0.137. The topological polar surface area (TPSA) is 74.7 Å². The molecule has 4 nitrogen and oxygen atoms in total. The number of nitrogen functional groups attached to an aromatic ring is 1. The molecule has 0 spiro atoms. The van der Waals surface area contributed by atoms with Crippen LogP contribution < -0.4 is 11.1 Å². The SMILES string of the molecule is N#Cc1cc(Br)ccc1Nc1cc(C(F)(F)F)cc(N)n1. The normalized spacial score (nSPS) is 11.0. The van der Waals surface area contributed by atoms with Crippen LogP contribution in [0.3, 0.4) is 0 Å². The lowest BCUT2D eigenvalue weighted by Crippen LogP contribution is -2.08. The fourth-order valence-electron chi connectivity index (χ4n) is 1.64. The molecule has 0 amide bonds. The molecule has 1 aromatic carbocycles. The zero-order valence-corrected chi connectivity index (χ0v) is 12.0. The van der Waals surface area contributed by atoms with E-state index in [4.69, 9.17) is 11.0 Å². The molecule has 21 heavy (non-hydrogen) atoms. The van der Waals surface area contributed by atoms with E-state index in [1.165, 1.54) is 0 Å². The highest BCUT2D eigenvalue weighted by molar-refractivity contribution is 9.10. The number of hydrogen-bond donors (Lipinski definition) is 2. The van der Waals surface area contributed by atoms with Gasteiger partial charge in [0.1, 0.15) is 17.7 Å².